The number of rotatable bonds is 2. The maximum absolute atomic E-state index is 13.6. The number of sulfone groups is 1. The van der Waals surface area contributed by atoms with Crippen LogP contribution < -0.4 is 21.1 Å². The number of aromatic nitrogens is 2. The fourth-order valence-corrected chi connectivity index (χ4v) is 6.70. The molecule has 36 heavy (non-hydrogen) atoms. The zero-order chi connectivity index (χ0) is 25.7. The third kappa shape index (κ3) is 4.19. The monoisotopic (exact) mass is 509 g/mol. The molecule has 1 aromatic heterocycles. The number of amides is 1. The van der Waals surface area contributed by atoms with Crippen molar-refractivity contribution in [2.24, 2.45) is 0 Å². The number of hydrogen-bond acceptors (Lipinski definition) is 9. The van der Waals surface area contributed by atoms with Crippen molar-refractivity contribution in [3.8, 4) is 17.0 Å². The number of hydrogen-bond donors (Lipinski definition) is 4. The van der Waals surface area contributed by atoms with Crippen molar-refractivity contribution < 1.29 is 23.1 Å². The van der Waals surface area contributed by atoms with Gasteiger partial charge >= 0.3 is 0 Å². The van der Waals surface area contributed by atoms with Gasteiger partial charge in [0, 0.05) is 31.0 Å². The minimum atomic E-state index is -3.77. The van der Waals surface area contributed by atoms with Crippen LogP contribution in [0.4, 0.5) is 11.5 Å². The second-order valence-corrected chi connectivity index (χ2v) is 11.8. The lowest BCUT2D eigenvalue weighted by Gasteiger charge is -2.31. The molecule has 1 spiro atoms. The molecule has 2 aliphatic heterocycles. The minimum Gasteiger partial charge on any atom is -0.460 e. The van der Waals surface area contributed by atoms with Crippen molar-refractivity contribution >= 4 is 27.2 Å². The van der Waals surface area contributed by atoms with Crippen LogP contribution in [-0.4, -0.2) is 47.0 Å². The Kier molecular flexibility index (Phi) is 5.73. The van der Waals surface area contributed by atoms with Gasteiger partial charge in [-0.25, -0.2) is 18.4 Å². The fourth-order valence-electron chi connectivity index (χ4n) is 4.61. The molecule has 1 amide bonds. The van der Waals surface area contributed by atoms with E-state index in [1.807, 2.05) is 0 Å². The zero-order valence-electron chi connectivity index (χ0n) is 19.9. The Bertz CT molecular complexity index is 1450. The summed E-state index contributed by atoms with van der Waals surface area (Å²) in [4.78, 5) is 21.9. The number of carbonyl (C=O) groups is 1. The van der Waals surface area contributed by atoms with E-state index in [-0.39, 0.29) is 34.3 Å². The van der Waals surface area contributed by atoms with E-state index in [0.29, 0.717) is 36.2 Å². The lowest BCUT2D eigenvalue weighted by Crippen LogP contribution is -2.40. The number of nitrogen functional groups attached to an aromatic ring is 1. The van der Waals surface area contributed by atoms with Gasteiger partial charge in [0.15, 0.2) is 27.1 Å². The maximum Gasteiger partial charge on any atom is 0.278 e. The molecule has 5 N–H and O–H groups in total. The number of nitrogens with one attached hydrogen (secondary N) is 2. The van der Waals surface area contributed by atoms with E-state index in [0.717, 1.165) is 0 Å². The summed E-state index contributed by atoms with van der Waals surface area (Å²) in [5, 5.41) is 17.1. The topological polar surface area (TPSA) is 157 Å². The highest BCUT2D eigenvalue weighted by atomic mass is 32.2. The molecule has 1 aliphatic carbocycles. The number of ether oxygens (including phenoxy) is 1. The first-order valence-electron chi connectivity index (χ1n) is 11.5. The smallest absolute Gasteiger partial charge is 0.278 e. The van der Waals surface area contributed by atoms with Crippen molar-refractivity contribution in [2.75, 3.05) is 18.1 Å². The number of para-hydroxylation sites is 1. The first-order valence-corrected chi connectivity index (χ1v) is 13.0. The van der Waals surface area contributed by atoms with Crippen molar-refractivity contribution in [3.63, 3.8) is 0 Å². The third-order valence-corrected chi connectivity index (χ3v) is 9.12. The van der Waals surface area contributed by atoms with Crippen LogP contribution in [0.1, 0.15) is 42.2 Å². The number of benzene rings is 2. The van der Waals surface area contributed by atoms with Gasteiger partial charge in [0.25, 0.3) is 5.91 Å². The van der Waals surface area contributed by atoms with E-state index >= 15 is 0 Å². The molecule has 1 atom stereocenters. The molecule has 3 heterocycles. The molecule has 3 aromatic rings. The second kappa shape index (κ2) is 8.54. The molecule has 1 fully saturated rings. The Labute approximate surface area is 208 Å². The molecule has 4 bridgehead atoms. The third-order valence-electron chi connectivity index (χ3n) is 6.54. The quantitative estimate of drug-likeness (QED) is 0.407. The maximum atomic E-state index is 13.6. The van der Waals surface area contributed by atoms with Gasteiger partial charge in [-0.2, -0.15) is 0 Å². The Hall–Kier alpha value is -3.54. The average molecular weight is 510 g/mol. The highest BCUT2D eigenvalue weighted by Gasteiger charge is 2.58. The molecular formula is C25H27N5O5S. The molecule has 188 valence electrons. The van der Waals surface area contributed by atoms with Gasteiger partial charge < -0.3 is 26.2 Å². The minimum absolute atomic E-state index is 0.0620. The highest BCUT2D eigenvalue weighted by molar-refractivity contribution is 7.93. The number of anilines is 2. The fraction of sp³-hybridized carbons (Fsp3) is 0.320. The average Bonchev–Trinajstić information content (AvgIpc) is 3.61. The van der Waals surface area contributed by atoms with Crippen LogP contribution in [-0.2, 0) is 16.4 Å². The van der Waals surface area contributed by atoms with Crippen LogP contribution >= 0.6 is 0 Å². The van der Waals surface area contributed by atoms with Gasteiger partial charge in [-0.3, -0.25) is 4.79 Å². The summed E-state index contributed by atoms with van der Waals surface area (Å²) in [6.45, 7) is 1.81. The predicted octanol–water partition coefficient (Wildman–Crippen LogP) is 2.49. The Balaban J connectivity index is 1.70. The second-order valence-electron chi connectivity index (χ2n) is 9.43. The van der Waals surface area contributed by atoms with Gasteiger partial charge in [0.2, 0.25) is 5.79 Å². The molecule has 3 aliphatic rings. The molecule has 11 heteroatoms. The standard InChI is InChI=1S/C25H27N5O5S/c1-24(32)14-25(10-11-25)36(33,34)17-8-6-15(7-9-17)19-13-28-22(26)20(29-19)23(31)30-18-5-3-4-16(12-27-2)21(18)35-24/h3-9,13,27,32H,10-12,14H2,1-2H3,(H2,26,28)(H,30,31). The molecular weight excluding hydrogens is 482 g/mol. The molecule has 6 rings (SSSR count). The van der Waals surface area contributed by atoms with Gasteiger partial charge in [-0.1, -0.05) is 24.3 Å². The van der Waals surface area contributed by atoms with E-state index in [1.165, 1.54) is 25.3 Å². The van der Waals surface area contributed by atoms with Crippen LogP contribution in [0.15, 0.2) is 53.6 Å². The van der Waals surface area contributed by atoms with Gasteiger partial charge in [-0.05, 0) is 38.1 Å². The number of fused-ring (bicyclic) bond motifs is 5. The SMILES string of the molecule is CNCc1cccc2c1OC(C)(O)CC1(CC1)S(=O)(=O)c1ccc(cc1)-c1cnc(N)c(n1)C(=O)N2. The zero-order valence-corrected chi connectivity index (χ0v) is 20.7. The first kappa shape index (κ1) is 24.2. The Morgan fingerprint density at radius 3 is 2.58 bits per heavy atom. The van der Waals surface area contributed by atoms with Crippen LogP contribution in [0.5, 0.6) is 5.75 Å². The molecule has 0 saturated heterocycles. The Morgan fingerprint density at radius 2 is 1.92 bits per heavy atom. The molecule has 0 radical (unpaired) electrons. The highest BCUT2D eigenvalue weighted by Crippen LogP contribution is 2.52. The van der Waals surface area contributed by atoms with Crippen LogP contribution in [0.3, 0.4) is 0 Å². The largest absolute Gasteiger partial charge is 0.460 e. The van der Waals surface area contributed by atoms with E-state index in [9.17, 15) is 18.3 Å². The van der Waals surface area contributed by atoms with Gasteiger partial charge in [-0.15, -0.1) is 0 Å². The molecule has 1 unspecified atom stereocenters. The molecule has 1 saturated carbocycles. The van der Waals surface area contributed by atoms with Crippen LogP contribution in [0.25, 0.3) is 11.3 Å². The Morgan fingerprint density at radius 1 is 1.19 bits per heavy atom. The van der Waals surface area contributed by atoms with Gasteiger partial charge in [0.1, 0.15) is 0 Å². The molecule has 2 aromatic carbocycles. The van der Waals surface area contributed by atoms with Gasteiger partial charge in [0.05, 0.1) is 27.2 Å². The van der Waals surface area contributed by atoms with Crippen molar-refractivity contribution in [1.29, 1.82) is 0 Å². The summed E-state index contributed by atoms with van der Waals surface area (Å²) < 4.78 is 32.1. The summed E-state index contributed by atoms with van der Waals surface area (Å²) in [7, 11) is -2.02. The van der Waals surface area contributed by atoms with E-state index in [1.54, 1.807) is 37.4 Å². The summed E-state index contributed by atoms with van der Waals surface area (Å²) >= 11 is 0. The van der Waals surface area contributed by atoms with Crippen molar-refractivity contribution in [1.82, 2.24) is 15.3 Å². The number of carbonyl (C=O) groups excluding carboxylic acids is 1. The normalized spacial score (nSPS) is 21.9. The van der Waals surface area contributed by atoms with Crippen molar-refractivity contribution in [2.45, 2.75) is 48.2 Å². The van der Waals surface area contributed by atoms with E-state index in [2.05, 4.69) is 20.6 Å². The van der Waals surface area contributed by atoms with E-state index < -0.39 is 26.3 Å². The first-order chi connectivity index (χ1) is 17.1. The summed E-state index contributed by atoms with van der Waals surface area (Å²) in [5.41, 5.74) is 7.77. The van der Waals surface area contributed by atoms with E-state index in [4.69, 9.17) is 10.5 Å². The summed E-state index contributed by atoms with van der Waals surface area (Å²) in [6, 6.07) is 11.4. The van der Waals surface area contributed by atoms with Crippen LogP contribution in [0, 0.1) is 0 Å². The lowest BCUT2D eigenvalue weighted by atomic mass is 10.1. The predicted molar refractivity (Wildman–Crippen MR) is 134 cm³/mol. The van der Waals surface area contributed by atoms with Crippen molar-refractivity contribution in [3.05, 3.63) is 59.9 Å². The van der Waals surface area contributed by atoms with Crippen LogP contribution in [0.2, 0.25) is 0 Å². The number of aliphatic hydroxyl groups is 1. The summed E-state index contributed by atoms with van der Waals surface area (Å²) in [5.74, 6) is -2.29. The molecule has 10 nitrogen and oxygen atoms in total. The number of nitrogens with zero attached hydrogens (tertiary/aromatic N) is 2. The lowest BCUT2D eigenvalue weighted by molar-refractivity contribution is -0.128. The number of nitrogens with two attached hydrogens (primary N) is 1. The summed E-state index contributed by atoms with van der Waals surface area (Å²) in [6.07, 6.45) is 2.11.